The molecule has 0 fully saturated rings. The van der Waals surface area contributed by atoms with Gasteiger partial charge < -0.3 is 5.32 Å². The number of hydrogen-bond donors (Lipinski definition) is 1. The Hall–Kier alpha value is -2.81. The number of benzene rings is 1. The van der Waals surface area contributed by atoms with Crippen molar-refractivity contribution < 1.29 is 4.79 Å². The summed E-state index contributed by atoms with van der Waals surface area (Å²) in [5.41, 5.74) is 1.37. The van der Waals surface area contributed by atoms with Gasteiger partial charge in [0.2, 0.25) is 11.1 Å². The van der Waals surface area contributed by atoms with E-state index in [1.165, 1.54) is 11.8 Å². The van der Waals surface area contributed by atoms with Gasteiger partial charge in [-0.15, -0.1) is 10.2 Å². The van der Waals surface area contributed by atoms with Crippen molar-refractivity contribution in [3.8, 4) is 11.4 Å². The van der Waals surface area contributed by atoms with Gasteiger partial charge in [0, 0.05) is 35.4 Å². The number of halogens is 2. The number of amides is 1. The van der Waals surface area contributed by atoms with E-state index < -0.39 is 0 Å². The molecular formula is C19H14Cl2N6OS. The zero-order valence-electron chi connectivity index (χ0n) is 14.9. The maximum absolute atomic E-state index is 12.4. The number of carbonyl (C=O) groups is 1. The molecule has 0 unspecified atom stereocenters. The number of thioether (sulfide) groups is 1. The van der Waals surface area contributed by atoms with Crippen molar-refractivity contribution in [1.29, 1.82) is 0 Å². The van der Waals surface area contributed by atoms with Gasteiger partial charge in [-0.3, -0.25) is 14.5 Å². The third kappa shape index (κ3) is 4.45. The first-order valence-corrected chi connectivity index (χ1v) is 10.2. The van der Waals surface area contributed by atoms with E-state index >= 15 is 0 Å². The first-order chi connectivity index (χ1) is 14.1. The molecule has 0 spiro atoms. The van der Waals surface area contributed by atoms with Crippen LogP contribution in [0.1, 0.15) is 0 Å². The normalized spacial score (nSPS) is 10.8. The van der Waals surface area contributed by atoms with E-state index in [0.29, 0.717) is 26.7 Å². The summed E-state index contributed by atoms with van der Waals surface area (Å²) in [6.07, 6.45) is 7.15. The van der Waals surface area contributed by atoms with Gasteiger partial charge in [0.1, 0.15) is 0 Å². The lowest BCUT2D eigenvalue weighted by Gasteiger charge is -2.11. The quantitative estimate of drug-likeness (QED) is 0.443. The van der Waals surface area contributed by atoms with Crippen molar-refractivity contribution >= 4 is 46.6 Å². The Labute approximate surface area is 180 Å². The summed E-state index contributed by atoms with van der Waals surface area (Å²) < 4.78 is 3.69. The van der Waals surface area contributed by atoms with Crippen LogP contribution in [0.15, 0.2) is 72.4 Å². The lowest BCUT2D eigenvalue weighted by atomic mass is 10.2. The molecule has 1 amide bonds. The Morgan fingerprint density at radius 2 is 1.83 bits per heavy atom. The summed E-state index contributed by atoms with van der Waals surface area (Å²) in [6.45, 7) is 0. The van der Waals surface area contributed by atoms with Gasteiger partial charge in [-0.25, -0.2) is 4.68 Å². The van der Waals surface area contributed by atoms with Crippen molar-refractivity contribution in [2.75, 3.05) is 11.1 Å². The largest absolute Gasteiger partial charge is 0.324 e. The van der Waals surface area contributed by atoms with Gasteiger partial charge >= 0.3 is 0 Å². The molecule has 4 aromatic rings. The van der Waals surface area contributed by atoms with Crippen LogP contribution in [0.25, 0.3) is 11.4 Å². The second-order valence-electron chi connectivity index (χ2n) is 5.88. The number of rotatable bonds is 6. The van der Waals surface area contributed by atoms with Crippen LogP contribution in [0.2, 0.25) is 10.0 Å². The van der Waals surface area contributed by atoms with Gasteiger partial charge in [0.05, 0.1) is 16.5 Å². The number of carbonyl (C=O) groups excluding carboxylic acids is 1. The van der Waals surface area contributed by atoms with Gasteiger partial charge in [0.15, 0.2) is 5.82 Å². The van der Waals surface area contributed by atoms with Crippen molar-refractivity contribution in [3.63, 3.8) is 0 Å². The Morgan fingerprint density at radius 3 is 2.55 bits per heavy atom. The standard InChI is InChI=1S/C19H14Cl2N6OS/c20-14-3-4-16(15(21)11-14)23-17(28)12-29-19-25-24-18(13-5-7-22-8-6-13)27(19)26-9-1-2-10-26/h1-11H,12H2,(H,23,28). The minimum absolute atomic E-state index is 0.134. The monoisotopic (exact) mass is 444 g/mol. The van der Waals surface area contributed by atoms with Crippen molar-refractivity contribution in [2.24, 2.45) is 0 Å². The molecule has 0 aliphatic rings. The Bertz CT molecular complexity index is 1130. The molecule has 10 heteroatoms. The van der Waals surface area contributed by atoms with E-state index in [-0.39, 0.29) is 11.7 Å². The van der Waals surface area contributed by atoms with E-state index in [0.717, 1.165) is 5.56 Å². The molecular weight excluding hydrogens is 431 g/mol. The molecule has 0 bridgehead atoms. The number of pyridine rings is 1. The van der Waals surface area contributed by atoms with Crippen molar-refractivity contribution in [1.82, 2.24) is 24.5 Å². The maximum atomic E-state index is 12.4. The van der Waals surface area contributed by atoms with Crippen LogP contribution < -0.4 is 5.32 Å². The van der Waals surface area contributed by atoms with E-state index in [1.807, 2.05) is 46.0 Å². The molecule has 0 saturated carbocycles. The number of anilines is 1. The zero-order chi connectivity index (χ0) is 20.2. The molecule has 0 aliphatic heterocycles. The SMILES string of the molecule is O=C(CSc1nnc(-c2ccncc2)n1-n1cccc1)Nc1ccc(Cl)cc1Cl. The summed E-state index contributed by atoms with van der Waals surface area (Å²) in [5.74, 6) is 0.563. The number of nitrogens with zero attached hydrogens (tertiary/aromatic N) is 5. The molecule has 29 heavy (non-hydrogen) atoms. The van der Waals surface area contributed by atoms with E-state index in [4.69, 9.17) is 23.2 Å². The number of nitrogens with one attached hydrogen (secondary N) is 1. The van der Waals surface area contributed by atoms with Gasteiger partial charge in [0.25, 0.3) is 0 Å². The highest BCUT2D eigenvalue weighted by molar-refractivity contribution is 7.99. The van der Waals surface area contributed by atoms with Crippen LogP contribution in [-0.2, 0) is 4.79 Å². The van der Waals surface area contributed by atoms with E-state index in [2.05, 4.69) is 20.5 Å². The lowest BCUT2D eigenvalue weighted by molar-refractivity contribution is -0.113. The van der Waals surface area contributed by atoms with E-state index in [9.17, 15) is 4.79 Å². The molecule has 0 atom stereocenters. The summed E-state index contributed by atoms with van der Waals surface area (Å²) in [5, 5.41) is 12.8. The molecule has 1 aromatic carbocycles. The lowest BCUT2D eigenvalue weighted by Crippen LogP contribution is -2.16. The first kappa shape index (κ1) is 19.5. The van der Waals surface area contributed by atoms with E-state index in [1.54, 1.807) is 30.6 Å². The minimum atomic E-state index is -0.216. The average Bonchev–Trinajstić information content (AvgIpc) is 3.38. The molecule has 0 aliphatic carbocycles. The minimum Gasteiger partial charge on any atom is -0.324 e. The van der Waals surface area contributed by atoms with Crippen LogP contribution >= 0.6 is 35.0 Å². The van der Waals surface area contributed by atoms with Crippen LogP contribution in [-0.4, -0.2) is 36.2 Å². The average molecular weight is 445 g/mol. The topological polar surface area (TPSA) is 77.6 Å². The second-order valence-corrected chi connectivity index (χ2v) is 7.66. The van der Waals surface area contributed by atoms with Crippen LogP contribution in [0, 0.1) is 0 Å². The smallest absolute Gasteiger partial charge is 0.234 e. The molecule has 3 heterocycles. The molecule has 3 aromatic heterocycles. The van der Waals surface area contributed by atoms with Crippen LogP contribution in [0.5, 0.6) is 0 Å². The third-order valence-electron chi connectivity index (χ3n) is 3.91. The molecule has 0 radical (unpaired) electrons. The molecule has 1 N–H and O–H groups in total. The predicted molar refractivity (Wildman–Crippen MR) is 114 cm³/mol. The number of hydrogen-bond acceptors (Lipinski definition) is 5. The van der Waals surface area contributed by atoms with Gasteiger partial charge in [-0.2, -0.15) is 0 Å². The maximum Gasteiger partial charge on any atom is 0.234 e. The zero-order valence-corrected chi connectivity index (χ0v) is 17.2. The predicted octanol–water partition coefficient (Wildman–Crippen LogP) is 4.49. The second kappa shape index (κ2) is 8.69. The highest BCUT2D eigenvalue weighted by Crippen LogP contribution is 2.27. The molecule has 7 nitrogen and oxygen atoms in total. The summed E-state index contributed by atoms with van der Waals surface area (Å²) in [4.78, 5) is 16.4. The highest BCUT2D eigenvalue weighted by Gasteiger charge is 2.17. The highest BCUT2D eigenvalue weighted by atomic mass is 35.5. The third-order valence-corrected chi connectivity index (χ3v) is 5.37. The Morgan fingerprint density at radius 1 is 1.07 bits per heavy atom. The summed E-state index contributed by atoms with van der Waals surface area (Å²) >= 11 is 13.3. The van der Waals surface area contributed by atoms with Crippen LogP contribution in [0.3, 0.4) is 0 Å². The fourth-order valence-corrected chi connectivity index (χ4v) is 3.80. The van der Waals surface area contributed by atoms with Crippen LogP contribution in [0.4, 0.5) is 5.69 Å². The molecule has 4 rings (SSSR count). The van der Waals surface area contributed by atoms with Gasteiger partial charge in [-0.05, 0) is 42.5 Å². The molecule has 0 saturated heterocycles. The summed E-state index contributed by atoms with van der Waals surface area (Å²) in [7, 11) is 0. The number of aromatic nitrogens is 5. The van der Waals surface area contributed by atoms with Gasteiger partial charge in [-0.1, -0.05) is 35.0 Å². The Kier molecular flexibility index (Phi) is 5.84. The first-order valence-electron chi connectivity index (χ1n) is 8.49. The fourth-order valence-electron chi connectivity index (χ4n) is 2.61. The fraction of sp³-hybridized carbons (Fsp3) is 0.0526. The van der Waals surface area contributed by atoms with Crippen molar-refractivity contribution in [3.05, 3.63) is 77.3 Å². The summed E-state index contributed by atoms with van der Waals surface area (Å²) in [6, 6.07) is 12.4. The molecule has 146 valence electrons. The Balaban J connectivity index is 1.54. The van der Waals surface area contributed by atoms with Crippen molar-refractivity contribution in [2.45, 2.75) is 5.16 Å².